The van der Waals surface area contributed by atoms with Crippen molar-refractivity contribution in [1.29, 1.82) is 0 Å². The first-order chi connectivity index (χ1) is 8.25. The third-order valence-electron chi connectivity index (χ3n) is 2.38. The van der Waals surface area contributed by atoms with Crippen molar-refractivity contribution in [2.45, 2.75) is 20.0 Å². The van der Waals surface area contributed by atoms with Gasteiger partial charge in [-0.3, -0.25) is 4.79 Å². The molecular formula is C12H15N3O2. The van der Waals surface area contributed by atoms with Gasteiger partial charge in [-0.25, -0.2) is 4.68 Å². The minimum absolute atomic E-state index is 0.0737. The van der Waals surface area contributed by atoms with Gasteiger partial charge >= 0.3 is 0 Å². The molecule has 0 atom stereocenters. The Morgan fingerprint density at radius 2 is 2.29 bits per heavy atom. The molecule has 2 aromatic rings. The fraction of sp³-hybridized carbons (Fsp3) is 0.333. The maximum absolute atomic E-state index is 11.4. The second kappa shape index (κ2) is 5.45. The van der Waals surface area contributed by atoms with Crippen LogP contribution in [-0.2, 0) is 13.1 Å². The second-order valence-corrected chi connectivity index (χ2v) is 3.79. The van der Waals surface area contributed by atoms with E-state index < -0.39 is 0 Å². The number of nitrogens with one attached hydrogen (secondary N) is 1. The van der Waals surface area contributed by atoms with Gasteiger partial charge in [-0.15, -0.1) is 0 Å². The normalized spacial score (nSPS) is 10.6. The van der Waals surface area contributed by atoms with Crippen LogP contribution in [0.5, 0.6) is 0 Å². The van der Waals surface area contributed by atoms with E-state index in [4.69, 9.17) is 4.42 Å². The summed E-state index contributed by atoms with van der Waals surface area (Å²) in [5.74, 6) is 0.884. The number of nitrogens with zero attached hydrogens (tertiary/aromatic N) is 2. The number of hydrogen-bond donors (Lipinski definition) is 1. The standard InChI is InChI=1S/C12H15N3O2/c1-10-4-5-12(16)15(14-10)7-6-13-9-11-3-2-8-17-11/h2-5,8,13H,6-7,9H2,1H3. The quantitative estimate of drug-likeness (QED) is 0.781. The fourth-order valence-corrected chi connectivity index (χ4v) is 1.52. The van der Waals surface area contributed by atoms with Gasteiger partial charge in [-0.05, 0) is 25.1 Å². The molecule has 2 aromatic heterocycles. The molecule has 0 fully saturated rings. The van der Waals surface area contributed by atoms with Gasteiger partial charge in [0.25, 0.3) is 5.56 Å². The Kier molecular flexibility index (Phi) is 3.72. The topological polar surface area (TPSA) is 60.1 Å². The highest BCUT2D eigenvalue weighted by Crippen LogP contribution is 1.97. The van der Waals surface area contributed by atoms with Crippen molar-refractivity contribution in [2.24, 2.45) is 0 Å². The summed E-state index contributed by atoms with van der Waals surface area (Å²) in [6.07, 6.45) is 1.64. The van der Waals surface area contributed by atoms with Crippen LogP contribution < -0.4 is 10.9 Å². The van der Waals surface area contributed by atoms with Crippen molar-refractivity contribution in [3.05, 3.63) is 52.3 Å². The van der Waals surface area contributed by atoms with Crippen LogP contribution in [0, 0.1) is 6.92 Å². The third kappa shape index (κ3) is 3.29. The van der Waals surface area contributed by atoms with Crippen LogP contribution in [0.15, 0.2) is 39.7 Å². The molecule has 0 radical (unpaired) electrons. The number of hydrogen-bond acceptors (Lipinski definition) is 4. The van der Waals surface area contributed by atoms with E-state index in [-0.39, 0.29) is 5.56 Å². The summed E-state index contributed by atoms with van der Waals surface area (Å²) in [5, 5.41) is 7.34. The molecule has 0 aliphatic rings. The summed E-state index contributed by atoms with van der Waals surface area (Å²) in [6, 6.07) is 7.01. The predicted octanol–water partition coefficient (Wildman–Crippen LogP) is 0.935. The molecule has 5 heteroatoms. The maximum atomic E-state index is 11.4. The lowest BCUT2D eigenvalue weighted by Gasteiger charge is -2.05. The monoisotopic (exact) mass is 233 g/mol. The molecule has 0 aliphatic carbocycles. The van der Waals surface area contributed by atoms with Gasteiger partial charge < -0.3 is 9.73 Å². The molecular weight excluding hydrogens is 218 g/mol. The molecule has 2 rings (SSSR count). The van der Waals surface area contributed by atoms with Crippen molar-refractivity contribution < 1.29 is 4.42 Å². The Morgan fingerprint density at radius 3 is 3.06 bits per heavy atom. The van der Waals surface area contributed by atoms with E-state index in [2.05, 4.69) is 10.4 Å². The molecule has 0 aliphatic heterocycles. The van der Waals surface area contributed by atoms with Crippen LogP contribution in [0.1, 0.15) is 11.5 Å². The van der Waals surface area contributed by atoms with E-state index >= 15 is 0 Å². The lowest BCUT2D eigenvalue weighted by molar-refractivity contribution is 0.464. The summed E-state index contributed by atoms with van der Waals surface area (Å²) in [5.41, 5.74) is 0.769. The lowest BCUT2D eigenvalue weighted by atomic mass is 10.4. The SMILES string of the molecule is Cc1ccc(=O)n(CCNCc2ccco2)n1. The molecule has 0 bridgehead atoms. The maximum Gasteiger partial charge on any atom is 0.266 e. The summed E-state index contributed by atoms with van der Waals surface area (Å²) in [6.45, 7) is 3.76. The molecule has 1 N–H and O–H groups in total. The van der Waals surface area contributed by atoms with Gasteiger partial charge in [0.2, 0.25) is 0 Å². The van der Waals surface area contributed by atoms with Crippen molar-refractivity contribution in [3.8, 4) is 0 Å². The molecule has 90 valence electrons. The van der Waals surface area contributed by atoms with Crippen LogP contribution >= 0.6 is 0 Å². The molecule has 17 heavy (non-hydrogen) atoms. The average molecular weight is 233 g/mol. The Bertz CT molecular complexity index is 517. The number of aryl methyl sites for hydroxylation is 1. The number of rotatable bonds is 5. The van der Waals surface area contributed by atoms with Crippen LogP contribution in [0.2, 0.25) is 0 Å². The Balaban J connectivity index is 1.82. The zero-order valence-corrected chi connectivity index (χ0v) is 9.72. The van der Waals surface area contributed by atoms with E-state index in [0.717, 1.165) is 11.5 Å². The Labute approximate surface area is 99.1 Å². The van der Waals surface area contributed by atoms with Crippen molar-refractivity contribution in [1.82, 2.24) is 15.1 Å². The minimum Gasteiger partial charge on any atom is -0.468 e. The van der Waals surface area contributed by atoms with Gasteiger partial charge in [0, 0.05) is 12.6 Å². The van der Waals surface area contributed by atoms with Gasteiger partial charge in [-0.2, -0.15) is 5.10 Å². The zero-order valence-electron chi connectivity index (χ0n) is 9.72. The largest absolute Gasteiger partial charge is 0.468 e. The molecule has 0 amide bonds. The highest BCUT2D eigenvalue weighted by molar-refractivity contribution is 4.98. The Hall–Kier alpha value is -1.88. The Morgan fingerprint density at radius 1 is 1.41 bits per heavy atom. The van der Waals surface area contributed by atoms with E-state index in [1.54, 1.807) is 12.3 Å². The summed E-state index contributed by atoms with van der Waals surface area (Å²) in [7, 11) is 0. The fourth-order valence-electron chi connectivity index (χ4n) is 1.52. The minimum atomic E-state index is -0.0737. The van der Waals surface area contributed by atoms with Gasteiger partial charge in [0.1, 0.15) is 5.76 Å². The highest BCUT2D eigenvalue weighted by atomic mass is 16.3. The molecule has 0 unspecified atom stereocenters. The third-order valence-corrected chi connectivity index (χ3v) is 2.38. The van der Waals surface area contributed by atoms with E-state index in [1.165, 1.54) is 10.7 Å². The van der Waals surface area contributed by atoms with Crippen LogP contribution in [0.4, 0.5) is 0 Å². The van der Waals surface area contributed by atoms with Crippen molar-refractivity contribution >= 4 is 0 Å². The van der Waals surface area contributed by atoms with Gasteiger partial charge in [0.15, 0.2) is 0 Å². The molecule has 2 heterocycles. The molecule has 5 nitrogen and oxygen atoms in total. The van der Waals surface area contributed by atoms with Crippen molar-refractivity contribution in [2.75, 3.05) is 6.54 Å². The summed E-state index contributed by atoms with van der Waals surface area (Å²) >= 11 is 0. The first-order valence-electron chi connectivity index (χ1n) is 5.53. The first kappa shape index (κ1) is 11.6. The molecule has 0 saturated heterocycles. The highest BCUT2D eigenvalue weighted by Gasteiger charge is 1.98. The van der Waals surface area contributed by atoms with Crippen LogP contribution in [0.25, 0.3) is 0 Å². The van der Waals surface area contributed by atoms with Crippen LogP contribution in [0.3, 0.4) is 0 Å². The molecule has 0 saturated carbocycles. The van der Waals surface area contributed by atoms with E-state index in [1.807, 2.05) is 19.1 Å². The zero-order chi connectivity index (χ0) is 12.1. The van der Waals surface area contributed by atoms with E-state index in [0.29, 0.717) is 19.6 Å². The smallest absolute Gasteiger partial charge is 0.266 e. The number of furan rings is 1. The number of aromatic nitrogens is 2. The summed E-state index contributed by atoms with van der Waals surface area (Å²) < 4.78 is 6.64. The molecule has 0 spiro atoms. The molecule has 0 aromatic carbocycles. The first-order valence-corrected chi connectivity index (χ1v) is 5.53. The second-order valence-electron chi connectivity index (χ2n) is 3.79. The van der Waals surface area contributed by atoms with Crippen molar-refractivity contribution in [3.63, 3.8) is 0 Å². The van der Waals surface area contributed by atoms with E-state index in [9.17, 15) is 4.79 Å². The van der Waals surface area contributed by atoms with Gasteiger partial charge in [0.05, 0.1) is 25.0 Å². The lowest BCUT2D eigenvalue weighted by Crippen LogP contribution is -2.28. The van der Waals surface area contributed by atoms with Crippen LogP contribution in [-0.4, -0.2) is 16.3 Å². The average Bonchev–Trinajstić information content (AvgIpc) is 2.82. The summed E-state index contributed by atoms with van der Waals surface area (Å²) in [4.78, 5) is 11.4. The predicted molar refractivity (Wildman–Crippen MR) is 63.6 cm³/mol. The van der Waals surface area contributed by atoms with Gasteiger partial charge in [-0.1, -0.05) is 0 Å².